The van der Waals surface area contributed by atoms with Gasteiger partial charge >= 0.3 is 74.9 Å². The average molecular weight is 280 g/mol. The molecule has 0 unspecified atom stereocenters. The Kier molecular flexibility index (Phi) is 6.95. The van der Waals surface area contributed by atoms with E-state index in [2.05, 4.69) is 4.74 Å². The van der Waals surface area contributed by atoms with Crippen molar-refractivity contribution in [2.45, 2.75) is 0 Å². The van der Waals surface area contributed by atoms with Crippen LogP contribution in [-0.2, 0) is 4.79 Å². The third-order valence-electron chi connectivity index (χ3n) is 1.07. The van der Waals surface area contributed by atoms with Crippen LogP contribution in [0.5, 0.6) is 5.75 Å². The van der Waals surface area contributed by atoms with Gasteiger partial charge in [0.25, 0.3) is 0 Å². The van der Waals surface area contributed by atoms with Gasteiger partial charge in [-0.2, -0.15) is 0 Å². The Labute approximate surface area is 130 Å². The Bertz CT molecular complexity index is 287. The van der Waals surface area contributed by atoms with Crippen LogP contribution in [-0.4, -0.2) is 74.9 Å². The molecule has 0 radical (unpaired) electrons. The van der Waals surface area contributed by atoms with Crippen LogP contribution < -0.4 is 4.74 Å². The van der Waals surface area contributed by atoms with Gasteiger partial charge in [0.15, 0.2) is 0 Å². The van der Waals surface area contributed by atoms with E-state index in [-0.39, 0.29) is 68.9 Å². The molecule has 0 saturated heterocycles. The first-order valence-corrected chi connectivity index (χ1v) is 3.06. The Morgan fingerprint density at radius 1 is 1.33 bits per heavy atom. The zero-order valence-corrected chi connectivity index (χ0v) is 5.78. The van der Waals surface area contributed by atoms with E-state index in [0.717, 1.165) is 0 Å². The van der Waals surface area contributed by atoms with E-state index < -0.39 is 5.97 Å². The van der Waals surface area contributed by atoms with Crippen molar-refractivity contribution in [3.05, 3.63) is 30.3 Å². The zero-order valence-electron chi connectivity index (χ0n) is 5.78. The number of para-hydroxylation sites is 1. The van der Waals surface area contributed by atoms with Gasteiger partial charge < -0.3 is 4.74 Å². The molecule has 2 nitrogen and oxygen atoms in total. The van der Waals surface area contributed by atoms with E-state index in [1.165, 1.54) is 0 Å². The Balaban J connectivity index is 0.00000121. The second-order valence-electron chi connectivity index (χ2n) is 1.85. The molecule has 1 aromatic rings. The molecule has 3 heteroatoms. The van der Waals surface area contributed by atoms with E-state index in [4.69, 9.17) is 6.42 Å². The molecule has 0 amide bonds. The number of hydrogen-bond acceptors (Lipinski definition) is 2. The van der Waals surface area contributed by atoms with Crippen molar-refractivity contribution in [3.8, 4) is 18.1 Å². The van der Waals surface area contributed by atoms with Crippen LogP contribution in [0.15, 0.2) is 30.3 Å². The number of carbonyl (C=O) groups excluding carboxylic acids is 1. The molecule has 0 aliphatic heterocycles. The van der Waals surface area contributed by atoms with E-state index in [1.807, 2.05) is 12.0 Å². The van der Waals surface area contributed by atoms with Crippen molar-refractivity contribution in [2.75, 3.05) is 0 Å². The van der Waals surface area contributed by atoms with Crippen LogP contribution in [0.2, 0.25) is 0 Å². The summed E-state index contributed by atoms with van der Waals surface area (Å²) in [5, 5.41) is 0. The van der Waals surface area contributed by atoms with Gasteiger partial charge in [0.2, 0.25) is 0 Å². The number of esters is 1. The van der Waals surface area contributed by atoms with Crippen LogP contribution in [0.3, 0.4) is 0 Å². The van der Waals surface area contributed by atoms with Gasteiger partial charge in [0.05, 0.1) is 0 Å². The number of carbonyl (C=O) groups is 1. The average Bonchev–Trinajstić information content (AvgIpc) is 2.06. The summed E-state index contributed by atoms with van der Waals surface area (Å²) in [6, 6.07) is 8.68. The van der Waals surface area contributed by atoms with E-state index in [9.17, 15) is 4.79 Å². The second kappa shape index (κ2) is 6.78. The quantitative estimate of drug-likeness (QED) is 0.325. The fourth-order valence-electron chi connectivity index (χ4n) is 0.625. The van der Waals surface area contributed by atoms with Gasteiger partial charge in [0.1, 0.15) is 5.75 Å². The summed E-state index contributed by atoms with van der Waals surface area (Å²) in [5.41, 5.74) is 0. The topological polar surface area (TPSA) is 26.3 Å². The van der Waals surface area contributed by atoms with Crippen molar-refractivity contribution in [1.82, 2.24) is 0 Å². The summed E-state index contributed by atoms with van der Waals surface area (Å²) in [6.45, 7) is 0. The summed E-state index contributed by atoms with van der Waals surface area (Å²) in [4.78, 5) is 10.5. The fraction of sp³-hybridized carbons (Fsp3) is 0. The maximum absolute atomic E-state index is 10.5. The molecule has 0 N–H and O–H groups in total. The monoisotopic (exact) mass is 280 g/mol. The molecule has 0 heterocycles. The molecule has 0 atom stereocenters. The number of benzene rings is 1. The van der Waals surface area contributed by atoms with Gasteiger partial charge in [-0.15, -0.1) is 6.42 Å². The van der Waals surface area contributed by atoms with Gasteiger partial charge in [0, 0.05) is 5.92 Å². The normalized spacial score (nSPS) is 7.58. The third-order valence-corrected chi connectivity index (χ3v) is 1.07. The molecule has 56 valence electrons. The van der Waals surface area contributed by atoms with Crippen LogP contribution >= 0.6 is 0 Å². The summed E-state index contributed by atoms with van der Waals surface area (Å²) < 4.78 is 4.69. The van der Waals surface area contributed by atoms with Crippen molar-refractivity contribution >= 4 is 74.9 Å². The molecule has 0 aliphatic rings. The molecule has 1 aromatic carbocycles. The second-order valence-corrected chi connectivity index (χ2v) is 1.85. The van der Waals surface area contributed by atoms with Crippen molar-refractivity contribution < 1.29 is 9.53 Å². The molecular formula is C9H7CsO2. The van der Waals surface area contributed by atoms with Gasteiger partial charge in [-0.25, -0.2) is 4.79 Å². The Morgan fingerprint density at radius 3 is 2.42 bits per heavy atom. The zero-order chi connectivity index (χ0) is 8.10. The molecule has 0 aliphatic carbocycles. The summed E-state index contributed by atoms with van der Waals surface area (Å²) in [6.07, 6.45) is 4.80. The van der Waals surface area contributed by atoms with Gasteiger partial charge in [-0.1, -0.05) is 18.2 Å². The van der Waals surface area contributed by atoms with Crippen LogP contribution in [0.4, 0.5) is 0 Å². The summed E-state index contributed by atoms with van der Waals surface area (Å²) in [7, 11) is 0. The fourth-order valence-corrected chi connectivity index (χ4v) is 0.625. The first-order chi connectivity index (χ1) is 5.33. The van der Waals surface area contributed by atoms with Gasteiger partial charge in [-0.05, 0) is 12.1 Å². The van der Waals surface area contributed by atoms with Crippen LogP contribution in [0.1, 0.15) is 0 Å². The van der Waals surface area contributed by atoms with Crippen molar-refractivity contribution in [3.63, 3.8) is 0 Å². The molecule has 1 rings (SSSR count). The van der Waals surface area contributed by atoms with E-state index in [0.29, 0.717) is 5.75 Å². The number of terminal acetylenes is 1. The Morgan fingerprint density at radius 2 is 1.92 bits per heavy atom. The standard InChI is InChI=1S/C9H6O2.Cs.H/c1-2-9(10)11-8-6-4-3-5-7-8;;/h1,3-7H;;. The molecule has 0 spiro atoms. The van der Waals surface area contributed by atoms with Crippen molar-refractivity contribution in [1.29, 1.82) is 0 Å². The molecule has 12 heavy (non-hydrogen) atoms. The predicted molar refractivity (Wildman–Crippen MR) is 48.1 cm³/mol. The van der Waals surface area contributed by atoms with Gasteiger partial charge in [-0.3, -0.25) is 0 Å². The molecule has 0 saturated carbocycles. The molecular weight excluding hydrogens is 273 g/mol. The number of hydrogen-bond donors (Lipinski definition) is 0. The Hall–Kier alpha value is 0.302. The molecule has 0 bridgehead atoms. The number of ether oxygens (including phenoxy) is 1. The first kappa shape index (κ1) is 12.3. The minimum atomic E-state index is -0.670. The third kappa shape index (κ3) is 4.36. The predicted octanol–water partition coefficient (Wildman–Crippen LogP) is 0.577. The first-order valence-electron chi connectivity index (χ1n) is 3.06. The molecule has 0 fully saturated rings. The van der Waals surface area contributed by atoms with Crippen LogP contribution in [0, 0.1) is 12.3 Å². The minimum absolute atomic E-state index is 0. The number of rotatable bonds is 1. The maximum atomic E-state index is 10.5. The van der Waals surface area contributed by atoms with E-state index >= 15 is 0 Å². The van der Waals surface area contributed by atoms with Crippen LogP contribution in [0.25, 0.3) is 0 Å². The molecule has 0 aromatic heterocycles. The summed E-state index contributed by atoms with van der Waals surface area (Å²) in [5.74, 6) is 1.65. The van der Waals surface area contributed by atoms with E-state index in [1.54, 1.807) is 24.3 Å². The SMILES string of the molecule is C#CC(=O)Oc1ccccc1.[CsH]. The summed E-state index contributed by atoms with van der Waals surface area (Å²) >= 11 is 0. The van der Waals surface area contributed by atoms with Crippen molar-refractivity contribution in [2.24, 2.45) is 0 Å².